The molecule has 0 aliphatic carbocycles. The molecule has 0 aliphatic heterocycles. The van der Waals surface area contributed by atoms with E-state index in [4.69, 9.17) is 4.74 Å². The average Bonchev–Trinajstić information content (AvgIpc) is 2.53. The lowest BCUT2D eigenvalue weighted by Gasteiger charge is -2.06. The summed E-state index contributed by atoms with van der Waals surface area (Å²) < 4.78 is 5.17. The summed E-state index contributed by atoms with van der Waals surface area (Å²) in [5.41, 5.74) is 0. The van der Waals surface area contributed by atoms with Crippen molar-refractivity contribution in [1.82, 2.24) is 0 Å². The first-order valence-electron chi connectivity index (χ1n) is 9.97. The summed E-state index contributed by atoms with van der Waals surface area (Å²) in [6.07, 6.45) is 20.5. The molecule has 0 saturated carbocycles. The maximum Gasteiger partial charge on any atom is 0.305 e. The van der Waals surface area contributed by atoms with Crippen LogP contribution < -0.4 is 0 Å². The van der Waals surface area contributed by atoms with Crippen LogP contribution >= 0.6 is 0 Å². The first kappa shape index (κ1) is 22.2. The standard InChI is InChI=1S/C21H40O2/c1-4-5-6-7-8-9-10-11-12-13-14-15-16-17-18-21(22)23-19-20(2)3/h9-10,20H,4-8,11-19H2,1-3H3/b10-9-. The number of ether oxygens (including phenoxy) is 1. The van der Waals surface area contributed by atoms with E-state index in [-0.39, 0.29) is 5.97 Å². The van der Waals surface area contributed by atoms with Crippen LogP contribution in [0.5, 0.6) is 0 Å². The van der Waals surface area contributed by atoms with E-state index in [0.29, 0.717) is 18.9 Å². The molecule has 0 aromatic rings. The van der Waals surface area contributed by atoms with Crippen LogP contribution in [0.25, 0.3) is 0 Å². The highest BCUT2D eigenvalue weighted by atomic mass is 16.5. The second-order valence-electron chi connectivity index (χ2n) is 7.06. The Morgan fingerprint density at radius 2 is 1.35 bits per heavy atom. The minimum absolute atomic E-state index is 0.0252. The molecule has 0 aliphatic rings. The van der Waals surface area contributed by atoms with Gasteiger partial charge in [0, 0.05) is 6.42 Å². The summed E-state index contributed by atoms with van der Waals surface area (Å²) in [7, 11) is 0. The summed E-state index contributed by atoms with van der Waals surface area (Å²) in [5, 5.41) is 0. The summed E-state index contributed by atoms with van der Waals surface area (Å²) in [4.78, 5) is 11.4. The van der Waals surface area contributed by atoms with Gasteiger partial charge >= 0.3 is 5.97 Å². The van der Waals surface area contributed by atoms with Crippen molar-refractivity contribution in [2.45, 2.75) is 104 Å². The lowest BCUT2D eigenvalue weighted by Crippen LogP contribution is -2.09. The van der Waals surface area contributed by atoms with Gasteiger partial charge in [0.2, 0.25) is 0 Å². The summed E-state index contributed by atoms with van der Waals surface area (Å²) >= 11 is 0. The maximum atomic E-state index is 11.4. The zero-order valence-corrected chi connectivity index (χ0v) is 15.9. The number of allylic oxidation sites excluding steroid dienone is 2. The van der Waals surface area contributed by atoms with Gasteiger partial charge in [-0.05, 0) is 38.0 Å². The molecule has 0 spiro atoms. The van der Waals surface area contributed by atoms with Crippen molar-refractivity contribution >= 4 is 5.97 Å². The number of rotatable bonds is 16. The molecule has 0 heterocycles. The smallest absolute Gasteiger partial charge is 0.305 e. The summed E-state index contributed by atoms with van der Waals surface area (Å²) in [6, 6.07) is 0. The van der Waals surface area contributed by atoms with Crippen molar-refractivity contribution in [1.29, 1.82) is 0 Å². The Morgan fingerprint density at radius 3 is 1.91 bits per heavy atom. The Kier molecular flexibility index (Phi) is 17.0. The quantitative estimate of drug-likeness (QED) is 0.177. The Morgan fingerprint density at radius 1 is 0.826 bits per heavy atom. The first-order chi connectivity index (χ1) is 11.2. The van der Waals surface area contributed by atoms with Gasteiger partial charge in [0.05, 0.1) is 6.61 Å². The zero-order chi connectivity index (χ0) is 17.2. The third-order valence-electron chi connectivity index (χ3n) is 3.97. The maximum absolute atomic E-state index is 11.4. The van der Waals surface area contributed by atoms with Gasteiger partial charge in [-0.1, -0.05) is 77.9 Å². The molecule has 2 heteroatoms. The number of esters is 1. The Hall–Kier alpha value is -0.790. The van der Waals surface area contributed by atoms with Crippen LogP contribution in [0.2, 0.25) is 0 Å². The number of carbonyl (C=O) groups excluding carboxylic acids is 1. The molecular weight excluding hydrogens is 284 g/mol. The third kappa shape index (κ3) is 19.2. The fourth-order valence-corrected chi connectivity index (χ4v) is 2.50. The molecule has 0 rings (SSSR count). The van der Waals surface area contributed by atoms with Crippen LogP contribution in [-0.2, 0) is 9.53 Å². The fourth-order valence-electron chi connectivity index (χ4n) is 2.50. The monoisotopic (exact) mass is 324 g/mol. The molecule has 0 saturated heterocycles. The van der Waals surface area contributed by atoms with Crippen molar-refractivity contribution in [2.75, 3.05) is 6.61 Å². The van der Waals surface area contributed by atoms with Crippen LogP contribution in [0.3, 0.4) is 0 Å². The number of carbonyl (C=O) groups is 1. The number of hydrogen-bond acceptors (Lipinski definition) is 2. The molecule has 0 aromatic heterocycles. The van der Waals surface area contributed by atoms with Crippen LogP contribution in [0.1, 0.15) is 104 Å². The van der Waals surface area contributed by atoms with Crippen LogP contribution in [0, 0.1) is 5.92 Å². The summed E-state index contributed by atoms with van der Waals surface area (Å²) in [6.45, 7) is 6.95. The largest absolute Gasteiger partial charge is 0.465 e. The highest BCUT2D eigenvalue weighted by molar-refractivity contribution is 5.69. The molecule has 0 bridgehead atoms. The predicted octanol–water partition coefficient (Wildman–Crippen LogP) is 6.83. The van der Waals surface area contributed by atoms with Crippen LogP contribution in [0.15, 0.2) is 12.2 Å². The number of unbranched alkanes of at least 4 members (excludes halogenated alkanes) is 10. The van der Waals surface area contributed by atoms with Gasteiger partial charge in [-0.2, -0.15) is 0 Å². The molecule has 0 amide bonds. The van der Waals surface area contributed by atoms with Gasteiger partial charge in [-0.3, -0.25) is 4.79 Å². The Balaban J connectivity index is 3.18. The van der Waals surface area contributed by atoms with E-state index in [2.05, 4.69) is 32.9 Å². The van der Waals surface area contributed by atoms with E-state index < -0.39 is 0 Å². The average molecular weight is 325 g/mol. The second-order valence-corrected chi connectivity index (χ2v) is 7.06. The Labute approximate surface area is 145 Å². The van der Waals surface area contributed by atoms with E-state index in [0.717, 1.165) is 12.8 Å². The highest BCUT2D eigenvalue weighted by Crippen LogP contribution is 2.10. The minimum atomic E-state index is -0.0252. The van der Waals surface area contributed by atoms with Gasteiger partial charge < -0.3 is 4.74 Å². The summed E-state index contributed by atoms with van der Waals surface area (Å²) in [5.74, 6) is 0.409. The van der Waals surface area contributed by atoms with E-state index in [9.17, 15) is 4.79 Å². The molecule has 23 heavy (non-hydrogen) atoms. The molecule has 0 N–H and O–H groups in total. The molecule has 0 unspecified atom stereocenters. The minimum Gasteiger partial charge on any atom is -0.465 e. The van der Waals surface area contributed by atoms with Crippen molar-refractivity contribution in [3.05, 3.63) is 12.2 Å². The lowest BCUT2D eigenvalue weighted by atomic mass is 10.1. The molecule has 0 fully saturated rings. The second kappa shape index (κ2) is 17.6. The van der Waals surface area contributed by atoms with Crippen LogP contribution in [-0.4, -0.2) is 12.6 Å². The topological polar surface area (TPSA) is 26.3 Å². The van der Waals surface area contributed by atoms with Crippen molar-refractivity contribution in [3.63, 3.8) is 0 Å². The lowest BCUT2D eigenvalue weighted by molar-refractivity contribution is -0.144. The van der Waals surface area contributed by atoms with Gasteiger partial charge in [0.1, 0.15) is 0 Å². The fraction of sp³-hybridized carbons (Fsp3) is 0.857. The van der Waals surface area contributed by atoms with Gasteiger partial charge in [0.15, 0.2) is 0 Å². The SMILES string of the molecule is CCCCCC/C=C\CCCCCCCCC(=O)OCC(C)C. The van der Waals surface area contributed by atoms with Gasteiger partial charge in [-0.25, -0.2) is 0 Å². The number of hydrogen-bond donors (Lipinski definition) is 0. The van der Waals surface area contributed by atoms with Crippen molar-refractivity contribution < 1.29 is 9.53 Å². The van der Waals surface area contributed by atoms with E-state index in [1.165, 1.54) is 64.2 Å². The molecule has 136 valence electrons. The molecule has 2 nitrogen and oxygen atoms in total. The third-order valence-corrected chi connectivity index (χ3v) is 3.97. The van der Waals surface area contributed by atoms with Gasteiger partial charge in [0.25, 0.3) is 0 Å². The first-order valence-corrected chi connectivity index (χ1v) is 9.97. The molecular formula is C21H40O2. The van der Waals surface area contributed by atoms with Gasteiger partial charge in [-0.15, -0.1) is 0 Å². The normalized spacial score (nSPS) is 11.5. The van der Waals surface area contributed by atoms with Crippen molar-refractivity contribution in [2.24, 2.45) is 5.92 Å². The molecule has 0 radical (unpaired) electrons. The predicted molar refractivity (Wildman–Crippen MR) is 101 cm³/mol. The Bertz CT molecular complexity index is 282. The van der Waals surface area contributed by atoms with Crippen LogP contribution in [0.4, 0.5) is 0 Å². The van der Waals surface area contributed by atoms with E-state index in [1.54, 1.807) is 0 Å². The molecule has 0 atom stereocenters. The molecule has 0 aromatic carbocycles. The van der Waals surface area contributed by atoms with E-state index in [1.807, 2.05) is 0 Å². The van der Waals surface area contributed by atoms with Crippen molar-refractivity contribution in [3.8, 4) is 0 Å². The zero-order valence-electron chi connectivity index (χ0n) is 15.9. The van der Waals surface area contributed by atoms with E-state index >= 15 is 0 Å². The highest BCUT2D eigenvalue weighted by Gasteiger charge is 2.03.